The zero-order chi connectivity index (χ0) is 16.8. The van der Waals surface area contributed by atoms with Crippen molar-refractivity contribution in [2.75, 3.05) is 79.2 Å². The van der Waals surface area contributed by atoms with Crippen LogP contribution in [0.15, 0.2) is 4.99 Å². The molecule has 3 heterocycles. The van der Waals surface area contributed by atoms with E-state index in [1.165, 1.54) is 45.4 Å². The molecule has 1 atom stereocenters. The molecule has 0 aromatic rings. The Labute approximate surface area is 147 Å². The molecule has 0 amide bonds. The van der Waals surface area contributed by atoms with Crippen LogP contribution in [0.3, 0.4) is 0 Å². The standard InChI is InChI=1S/C18H35N5O/c1-3-19-17(23-10-5-18(15-23)6-14-24-16-18)20-7-11-22-9-4-8-21(2)12-13-22/h3-16H2,1-2H3,(H,19,20). The van der Waals surface area contributed by atoms with Crippen LogP contribution in [0, 0.1) is 5.41 Å². The summed E-state index contributed by atoms with van der Waals surface area (Å²) in [6.07, 6.45) is 3.73. The van der Waals surface area contributed by atoms with Gasteiger partial charge in [-0.15, -0.1) is 0 Å². The van der Waals surface area contributed by atoms with Gasteiger partial charge in [-0.05, 0) is 46.3 Å². The third-order valence-electron chi connectivity index (χ3n) is 5.75. The Kier molecular flexibility index (Phi) is 6.36. The molecule has 6 nitrogen and oxygen atoms in total. The molecular formula is C18H35N5O. The largest absolute Gasteiger partial charge is 0.381 e. The fraction of sp³-hybridized carbons (Fsp3) is 0.944. The average molecular weight is 338 g/mol. The van der Waals surface area contributed by atoms with Gasteiger partial charge in [-0.1, -0.05) is 0 Å². The topological polar surface area (TPSA) is 43.3 Å². The van der Waals surface area contributed by atoms with E-state index in [0.717, 1.165) is 51.9 Å². The molecule has 138 valence electrons. The Morgan fingerprint density at radius 3 is 2.88 bits per heavy atom. The smallest absolute Gasteiger partial charge is 0.193 e. The molecule has 0 aromatic carbocycles. The third-order valence-corrected chi connectivity index (χ3v) is 5.75. The van der Waals surface area contributed by atoms with Crippen molar-refractivity contribution in [3.8, 4) is 0 Å². The van der Waals surface area contributed by atoms with Crippen LogP contribution < -0.4 is 5.32 Å². The summed E-state index contributed by atoms with van der Waals surface area (Å²) in [5.74, 6) is 1.10. The van der Waals surface area contributed by atoms with E-state index in [2.05, 4.69) is 34.0 Å². The fourth-order valence-electron chi connectivity index (χ4n) is 4.13. The third kappa shape index (κ3) is 4.61. The molecule has 0 bridgehead atoms. The van der Waals surface area contributed by atoms with E-state index < -0.39 is 0 Å². The molecule has 3 rings (SSSR count). The van der Waals surface area contributed by atoms with Gasteiger partial charge < -0.3 is 24.8 Å². The van der Waals surface area contributed by atoms with Gasteiger partial charge in [-0.3, -0.25) is 4.99 Å². The van der Waals surface area contributed by atoms with Gasteiger partial charge in [0, 0.05) is 51.3 Å². The van der Waals surface area contributed by atoms with Crippen LogP contribution in [-0.4, -0.2) is 99.8 Å². The van der Waals surface area contributed by atoms with Crippen molar-refractivity contribution in [2.24, 2.45) is 10.4 Å². The first-order valence-corrected chi connectivity index (χ1v) is 9.73. The van der Waals surface area contributed by atoms with Crippen LogP contribution in [0.1, 0.15) is 26.2 Å². The average Bonchev–Trinajstić information content (AvgIpc) is 3.16. The number of likely N-dealkylation sites (N-methyl/N-ethyl adjacent to an activating group) is 1. The number of hydrogen-bond acceptors (Lipinski definition) is 4. The zero-order valence-corrected chi connectivity index (χ0v) is 15.6. The maximum atomic E-state index is 5.65. The molecule has 0 radical (unpaired) electrons. The summed E-state index contributed by atoms with van der Waals surface area (Å²) in [6, 6.07) is 0. The Morgan fingerprint density at radius 1 is 1.17 bits per heavy atom. The Hall–Kier alpha value is -0.850. The number of rotatable bonds is 4. The quantitative estimate of drug-likeness (QED) is 0.604. The fourth-order valence-corrected chi connectivity index (χ4v) is 4.13. The van der Waals surface area contributed by atoms with Gasteiger partial charge in [-0.2, -0.15) is 0 Å². The molecule has 0 saturated carbocycles. The summed E-state index contributed by atoms with van der Waals surface area (Å²) < 4.78 is 5.65. The number of hydrogen-bond donors (Lipinski definition) is 1. The lowest BCUT2D eigenvalue weighted by Crippen LogP contribution is -2.42. The summed E-state index contributed by atoms with van der Waals surface area (Å²) in [4.78, 5) is 12.4. The van der Waals surface area contributed by atoms with Crippen molar-refractivity contribution in [3.63, 3.8) is 0 Å². The maximum absolute atomic E-state index is 5.65. The van der Waals surface area contributed by atoms with Gasteiger partial charge in [0.2, 0.25) is 0 Å². The Morgan fingerprint density at radius 2 is 2.08 bits per heavy atom. The lowest BCUT2D eigenvalue weighted by molar-refractivity contribution is 0.156. The first kappa shape index (κ1) is 18.0. The molecule has 3 aliphatic rings. The van der Waals surface area contributed by atoms with Crippen molar-refractivity contribution in [3.05, 3.63) is 0 Å². The van der Waals surface area contributed by atoms with Gasteiger partial charge >= 0.3 is 0 Å². The van der Waals surface area contributed by atoms with Crippen LogP contribution in [0.4, 0.5) is 0 Å². The van der Waals surface area contributed by atoms with Gasteiger partial charge in [0.05, 0.1) is 13.2 Å². The van der Waals surface area contributed by atoms with E-state index in [-0.39, 0.29) is 0 Å². The predicted molar refractivity (Wildman–Crippen MR) is 98.6 cm³/mol. The van der Waals surface area contributed by atoms with Crippen molar-refractivity contribution in [2.45, 2.75) is 26.2 Å². The molecule has 1 spiro atoms. The molecule has 3 saturated heterocycles. The highest BCUT2D eigenvalue weighted by Crippen LogP contribution is 2.38. The molecule has 0 aromatic heterocycles. The zero-order valence-electron chi connectivity index (χ0n) is 15.6. The highest BCUT2D eigenvalue weighted by atomic mass is 16.5. The molecule has 6 heteroatoms. The van der Waals surface area contributed by atoms with Gasteiger partial charge in [0.1, 0.15) is 0 Å². The lowest BCUT2D eigenvalue weighted by Gasteiger charge is -2.25. The number of nitrogens with zero attached hydrogens (tertiary/aromatic N) is 4. The molecule has 3 fully saturated rings. The van der Waals surface area contributed by atoms with Crippen molar-refractivity contribution >= 4 is 5.96 Å². The van der Waals surface area contributed by atoms with Crippen LogP contribution >= 0.6 is 0 Å². The molecular weight excluding hydrogens is 302 g/mol. The van der Waals surface area contributed by atoms with Crippen LogP contribution in [0.5, 0.6) is 0 Å². The highest BCUT2D eigenvalue weighted by molar-refractivity contribution is 5.80. The van der Waals surface area contributed by atoms with E-state index in [9.17, 15) is 0 Å². The van der Waals surface area contributed by atoms with Gasteiger partial charge in [0.15, 0.2) is 5.96 Å². The first-order valence-electron chi connectivity index (χ1n) is 9.73. The molecule has 1 N–H and O–H groups in total. The molecule has 24 heavy (non-hydrogen) atoms. The molecule has 3 aliphatic heterocycles. The van der Waals surface area contributed by atoms with Crippen LogP contribution in [0.2, 0.25) is 0 Å². The summed E-state index contributed by atoms with van der Waals surface area (Å²) >= 11 is 0. The SMILES string of the molecule is CCNC(=NCCN1CCCN(C)CC1)N1CCC2(CCOC2)C1. The monoisotopic (exact) mass is 337 g/mol. The van der Waals surface area contributed by atoms with Gasteiger partial charge in [-0.25, -0.2) is 0 Å². The van der Waals surface area contributed by atoms with Crippen LogP contribution in [-0.2, 0) is 4.74 Å². The van der Waals surface area contributed by atoms with Crippen molar-refractivity contribution < 1.29 is 4.74 Å². The van der Waals surface area contributed by atoms with E-state index in [1.54, 1.807) is 0 Å². The molecule has 0 aliphatic carbocycles. The number of ether oxygens (including phenoxy) is 1. The predicted octanol–water partition coefficient (Wildman–Crippen LogP) is 0.702. The van der Waals surface area contributed by atoms with Crippen molar-refractivity contribution in [1.29, 1.82) is 0 Å². The maximum Gasteiger partial charge on any atom is 0.193 e. The second-order valence-electron chi connectivity index (χ2n) is 7.71. The lowest BCUT2D eigenvalue weighted by atomic mass is 9.87. The number of nitrogens with one attached hydrogen (secondary N) is 1. The summed E-state index contributed by atoms with van der Waals surface area (Å²) in [7, 11) is 2.22. The van der Waals surface area contributed by atoms with E-state index in [0.29, 0.717) is 5.41 Å². The minimum absolute atomic E-state index is 0.394. The normalized spacial score (nSPS) is 30.2. The summed E-state index contributed by atoms with van der Waals surface area (Å²) in [5, 5.41) is 3.50. The van der Waals surface area contributed by atoms with Crippen molar-refractivity contribution in [1.82, 2.24) is 20.0 Å². The van der Waals surface area contributed by atoms with E-state index >= 15 is 0 Å². The number of guanidine groups is 1. The minimum Gasteiger partial charge on any atom is -0.381 e. The first-order chi connectivity index (χ1) is 11.7. The second-order valence-corrected chi connectivity index (χ2v) is 7.71. The Bertz CT molecular complexity index is 422. The van der Waals surface area contributed by atoms with Crippen LogP contribution in [0.25, 0.3) is 0 Å². The minimum atomic E-state index is 0.394. The van der Waals surface area contributed by atoms with Gasteiger partial charge in [0.25, 0.3) is 0 Å². The summed E-state index contributed by atoms with van der Waals surface area (Å²) in [5.41, 5.74) is 0.394. The second kappa shape index (κ2) is 8.50. The Balaban J connectivity index is 1.50. The number of likely N-dealkylation sites (tertiary alicyclic amines) is 1. The summed E-state index contributed by atoms with van der Waals surface area (Å²) in [6.45, 7) is 13.9. The highest BCUT2D eigenvalue weighted by Gasteiger charge is 2.42. The van der Waals surface area contributed by atoms with E-state index in [4.69, 9.17) is 9.73 Å². The van der Waals surface area contributed by atoms with E-state index in [1.807, 2.05) is 0 Å². The molecule has 1 unspecified atom stereocenters. The number of aliphatic imine (C=N–C) groups is 1.